The second kappa shape index (κ2) is 4.08. The van der Waals surface area contributed by atoms with Crippen molar-refractivity contribution in [3.63, 3.8) is 0 Å². The summed E-state index contributed by atoms with van der Waals surface area (Å²) in [6, 6.07) is 0. The maximum Gasteiger partial charge on any atom is 0.203 e. The van der Waals surface area contributed by atoms with E-state index in [1.165, 1.54) is 0 Å². The van der Waals surface area contributed by atoms with Crippen LogP contribution in [0.3, 0.4) is 0 Å². The average Bonchev–Trinajstić information content (AvgIpc) is 2.65. The van der Waals surface area contributed by atoms with Crippen LogP contribution in [0.25, 0.3) is 5.65 Å². The highest BCUT2D eigenvalue weighted by Crippen LogP contribution is 2.20. The molecule has 5 heteroatoms. The maximum absolute atomic E-state index is 4.31. The van der Waals surface area contributed by atoms with Crippen molar-refractivity contribution >= 4 is 11.5 Å². The van der Waals surface area contributed by atoms with Crippen molar-refractivity contribution in [1.82, 2.24) is 19.6 Å². The van der Waals surface area contributed by atoms with Gasteiger partial charge in [0.25, 0.3) is 0 Å². The van der Waals surface area contributed by atoms with Gasteiger partial charge in [0.05, 0.1) is 0 Å². The van der Waals surface area contributed by atoms with Crippen LogP contribution in [0.5, 0.6) is 0 Å². The number of anilines is 1. The molecule has 2 aromatic heterocycles. The van der Waals surface area contributed by atoms with Gasteiger partial charge in [-0.1, -0.05) is 13.3 Å². The summed E-state index contributed by atoms with van der Waals surface area (Å²) in [6.45, 7) is 6.50. The molecule has 0 saturated carbocycles. The topological polar surface area (TPSA) is 55.1 Å². The zero-order valence-corrected chi connectivity index (χ0v) is 9.94. The number of rotatable bonds is 4. The second-order valence-electron chi connectivity index (χ2n) is 4.60. The predicted molar refractivity (Wildman–Crippen MR) is 63.4 cm³/mol. The molecule has 2 heterocycles. The van der Waals surface area contributed by atoms with E-state index in [1.807, 2.05) is 10.6 Å². The maximum atomic E-state index is 4.31. The third-order valence-corrected chi connectivity index (χ3v) is 2.55. The van der Waals surface area contributed by atoms with E-state index in [1.54, 1.807) is 12.5 Å². The normalized spacial score (nSPS) is 11.9. The molecule has 0 radical (unpaired) electrons. The van der Waals surface area contributed by atoms with Gasteiger partial charge in [-0.15, -0.1) is 10.2 Å². The van der Waals surface area contributed by atoms with E-state index in [0.717, 1.165) is 24.3 Å². The van der Waals surface area contributed by atoms with E-state index in [-0.39, 0.29) is 5.54 Å². The van der Waals surface area contributed by atoms with Gasteiger partial charge in [-0.05, 0) is 20.3 Å². The van der Waals surface area contributed by atoms with E-state index < -0.39 is 0 Å². The second-order valence-corrected chi connectivity index (χ2v) is 4.60. The summed E-state index contributed by atoms with van der Waals surface area (Å²) in [4.78, 5) is 4.31. The first-order chi connectivity index (χ1) is 7.62. The third-order valence-electron chi connectivity index (χ3n) is 2.55. The van der Waals surface area contributed by atoms with Crippen LogP contribution in [0.2, 0.25) is 0 Å². The molecule has 0 bridgehead atoms. The summed E-state index contributed by atoms with van der Waals surface area (Å²) in [5.41, 5.74) is 0.793. The minimum atomic E-state index is 0.0234. The van der Waals surface area contributed by atoms with Gasteiger partial charge in [-0.2, -0.15) is 0 Å². The van der Waals surface area contributed by atoms with Crippen LogP contribution < -0.4 is 5.32 Å². The van der Waals surface area contributed by atoms with Crippen molar-refractivity contribution in [2.75, 3.05) is 5.32 Å². The fourth-order valence-electron chi connectivity index (χ4n) is 1.85. The van der Waals surface area contributed by atoms with Gasteiger partial charge in [0, 0.05) is 17.9 Å². The molecule has 0 aliphatic carbocycles. The Bertz CT molecular complexity index is 474. The Hall–Kier alpha value is -1.65. The standard InChI is InChI=1S/C11H17N5/c1-4-5-11(2,3)14-9-10-15-13-8-16(10)7-6-12-9/h6-8H,4-5H2,1-3H3,(H,12,14). The molecule has 0 aliphatic rings. The molecular weight excluding hydrogens is 202 g/mol. The fourth-order valence-corrected chi connectivity index (χ4v) is 1.85. The van der Waals surface area contributed by atoms with Crippen LogP contribution in [0, 0.1) is 0 Å². The Kier molecular flexibility index (Phi) is 2.77. The summed E-state index contributed by atoms with van der Waals surface area (Å²) in [7, 11) is 0. The monoisotopic (exact) mass is 219 g/mol. The van der Waals surface area contributed by atoms with Gasteiger partial charge in [-0.25, -0.2) is 4.98 Å². The number of hydrogen-bond donors (Lipinski definition) is 1. The van der Waals surface area contributed by atoms with Gasteiger partial charge in [-0.3, -0.25) is 4.40 Å². The van der Waals surface area contributed by atoms with Gasteiger partial charge >= 0.3 is 0 Å². The number of hydrogen-bond acceptors (Lipinski definition) is 4. The first-order valence-electron chi connectivity index (χ1n) is 5.55. The number of fused-ring (bicyclic) bond motifs is 1. The highest BCUT2D eigenvalue weighted by atomic mass is 15.2. The van der Waals surface area contributed by atoms with Crippen LogP contribution in [0.4, 0.5) is 5.82 Å². The fraction of sp³-hybridized carbons (Fsp3) is 0.545. The van der Waals surface area contributed by atoms with Crippen molar-refractivity contribution < 1.29 is 0 Å². The Balaban J connectivity index is 2.30. The lowest BCUT2D eigenvalue weighted by Gasteiger charge is -2.26. The lowest BCUT2D eigenvalue weighted by Crippen LogP contribution is -2.31. The summed E-state index contributed by atoms with van der Waals surface area (Å²) in [5.74, 6) is 0.790. The minimum absolute atomic E-state index is 0.0234. The molecule has 16 heavy (non-hydrogen) atoms. The molecule has 0 spiro atoms. The molecule has 2 rings (SSSR count). The van der Waals surface area contributed by atoms with E-state index in [9.17, 15) is 0 Å². The number of nitrogens with one attached hydrogen (secondary N) is 1. The highest BCUT2D eigenvalue weighted by molar-refractivity contribution is 5.62. The largest absolute Gasteiger partial charge is 0.362 e. The quantitative estimate of drug-likeness (QED) is 0.855. The van der Waals surface area contributed by atoms with E-state index >= 15 is 0 Å². The van der Waals surface area contributed by atoms with Crippen LogP contribution in [0.1, 0.15) is 33.6 Å². The predicted octanol–water partition coefficient (Wildman–Crippen LogP) is 2.11. The molecule has 0 aliphatic heterocycles. The minimum Gasteiger partial charge on any atom is -0.362 e. The zero-order valence-electron chi connectivity index (χ0n) is 9.94. The van der Waals surface area contributed by atoms with Crippen LogP contribution >= 0.6 is 0 Å². The first-order valence-corrected chi connectivity index (χ1v) is 5.55. The van der Waals surface area contributed by atoms with E-state index in [4.69, 9.17) is 0 Å². The Morgan fingerprint density at radius 3 is 3.00 bits per heavy atom. The lowest BCUT2D eigenvalue weighted by molar-refractivity contribution is 0.509. The Labute approximate surface area is 94.9 Å². The summed E-state index contributed by atoms with van der Waals surface area (Å²) >= 11 is 0. The highest BCUT2D eigenvalue weighted by Gasteiger charge is 2.18. The van der Waals surface area contributed by atoms with Crippen LogP contribution in [0.15, 0.2) is 18.7 Å². The number of nitrogens with zero attached hydrogens (tertiary/aromatic N) is 4. The molecule has 0 fully saturated rings. The smallest absolute Gasteiger partial charge is 0.203 e. The van der Waals surface area contributed by atoms with E-state index in [0.29, 0.717) is 0 Å². The molecule has 1 N–H and O–H groups in total. The van der Waals surface area contributed by atoms with Crippen LogP contribution in [-0.4, -0.2) is 25.1 Å². The summed E-state index contributed by atoms with van der Waals surface area (Å²) < 4.78 is 1.86. The molecule has 0 atom stereocenters. The van der Waals surface area contributed by atoms with Crippen molar-refractivity contribution in [3.05, 3.63) is 18.7 Å². The van der Waals surface area contributed by atoms with E-state index in [2.05, 4.69) is 41.3 Å². The first kappa shape index (κ1) is 10.9. The van der Waals surface area contributed by atoms with Crippen molar-refractivity contribution in [3.8, 4) is 0 Å². The molecule has 5 nitrogen and oxygen atoms in total. The average molecular weight is 219 g/mol. The van der Waals surface area contributed by atoms with Crippen molar-refractivity contribution in [2.24, 2.45) is 0 Å². The van der Waals surface area contributed by atoms with Crippen LogP contribution in [-0.2, 0) is 0 Å². The van der Waals surface area contributed by atoms with Crippen molar-refractivity contribution in [2.45, 2.75) is 39.2 Å². The molecule has 86 valence electrons. The molecule has 2 aromatic rings. The third kappa shape index (κ3) is 2.13. The number of aromatic nitrogens is 4. The lowest BCUT2D eigenvalue weighted by atomic mass is 9.99. The molecule has 0 saturated heterocycles. The SMILES string of the molecule is CCCC(C)(C)Nc1nccn2cnnc12. The van der Waals surface area contributed by atoms with Gasteiger partial charge in [0.1, 0.15) is 6.33 Å². The molecule has 0 unspecified atom stereocenters. The summed E-state index contributed by atoms with van der Waals surface area (Å²) in [5, 5.41) is 11.3. The zero-order chi connectivity index (χ0) is 11.6. The molecule has 0 amide bonds. The molecular formula is C11H17N5. The van der Waals surface area contributed by atoms with Gasteiger partial charge < -0.3 is 5.32 Å². The Morgan fingerprint density at radius 2 is 2.25 bits per heavy atom. The summed E-state index contributed by atoms with van der Waals surface area (Å²) in [6.07, 6.45) is 7.49. The van der Waals surface area contributed by atoms with Gasteiger partial charge in [0.2, 0.25) is 5.65 Å². The molecule has 0 aromatic carbocycles. The Morgan fingerprint density at radius 1 is 1.44 bits per heavy atom. The van der Waals surface area contributed by atoms with Gasteiger partial charge in [0.15, 0.2) is 5.82 Å². The van der Waals surface area contributed by atoms with Crippen molar-refractivity contribution in [1.29, 1.82) is 0 Å².